The second-order valence-electron chi connectivity index (χ2n) is 3.22. The van der Waals surface area contributed by atoms with Crippen LogP contribution in [-0.2, 0) is 5.75 Å². The zero-order valence-electron chi connectivity index (χ0n) is 9.32. The van der Waals surface area contributed by atoms with E-state index in [0.29, 0.717) is 5.56 Å². The van der Waals surface area contributed by atoms with Crippen LogP contribution in [0, 0.1) is 12.3 Å². The standard InChI is InChI=1S/C13H15NOS/c1-3-9-14-13(15)12-7-5-11(6-8-12)10-16-4-2/h1,5-8H,4,9-10H2,2H3,(H,14,15). The van der Waals surface area contributed by atoms with Crippen LogP contribution in [0.2, 0.25) is 0 Å². The third-order valence-corrected chi connectivity index (χ3v) is 2.99. The van der Waals surface area contributed by atoms with Gasteiger partial charge in [-0.2, -0.15) is 11.8 Å². The molecule has 1 rings (SSSR count). The molecule has 0 atom stereocenters. The van der Waals surface area contributed by atoms with E-state index in [2.05, 4.69) is 18.2 Å². The second kappa shape index (κ2) is 6.97. The summed E-state index contributed by atoms with van der Waals surface area (Å²) in [6, 6.07) is 7.62. The largest absolute Gasteiger partial charge is 0.341 e. The second-order valence-corrected chi connectivity index (χ2v) is 4.50. The van der Waals surface area contributed by atoms with E-state index in [1.807, 2.05) is 36.0 Å². The van der Waals surface area contributed by atoms with Gasteiger partial charge >= 0.3 is 0 Å². The van der Waals surface area contributed by atoms with E-state index >= 15 is 0 Å². The number of carbonyl (C=O) groups excluding carboxylic acids is 1. The Bertz CT molecular complexity index is 378. The van der Waals surface area contributed by atoms with E-state index in [-0.39, 0.29) is 12.5 Å². The van der Waals surface area contributed by atoms with Gasteiger partial charge in [-0.05, 0) is 23.4 Å². The molecule has 1 aromatic rings. The Balaban J connectivity index is 2.57. The molecule has 0 aliphatic carbocycles. The summed E-state index contributed by atoms with van der Waals surface area (Å²) in [6.07, 6.45) is 5.07. The molecular formula is C13H15NOS. The van der Waals surface area contributed by atoms with Gasteiger partial charge < -0.3 is 5.32 Å². The highest BCUT2D eigenvalue weighted by Crippen LogP contribution is 2.12. The van der Waals surface area contributed by atoms with Crippen LogP contribution in [-0.4, -0.2) is 18.2 Å². The number of rotatable bonds is 5. The fourth-order valence-electron chi connectivity index (χ4n) is 1.21. The number of terminal acetylenes is 1. The third kappa shape index (κ3) is 4.00. The molecule has 0 spiro atoms. The summed E-state index contributed by atoms with van der Waals surface area (Å²) in [5.74, 6) is 4.34. The van der Waals surface area contributed by atoms with E-state index in [1.165, 1.54) is 5.56 Å². The Kier molecular flexibility index (Phi) is 5.52. The topological polar surface area (TPSA) is 29.1 Å². The summed E-state index contributed by atoms with van der Waals surface area (Å²) in [4.78, 5) is 11.5. The van der Waals surface area contributed by atoms with Gasteiger partial charge in [0.15, 0.2) is 0 Å². The van der Waals surface area contributed by atoms with E-state index in [4.69, 9.17) is 6.42 Å². The van der Waals surface area contributed by atoms with Gasteiger partial charge in [-0.1, -0.05) is 25.0 Å². The lowest BCUT2D eigenvalue weighted by molar-refractivity contribution is 0.0958. The molecular weight excluding hydrogens is 218 g/mol. The Labute approximate surface area is 101 Å². The lowest BCUT2D eigenvalue weighted by atomic mass is 10.1. The van der Waals surface area contributed by atoms with Crippen molar-refractivity contribution in [3.8, 4) is 12.3 Å². The van der Waals surface area contributed by atoms with Gasteiger partial charge in [-0.25, -0.2) is 0 Å². The van der Waals surface area contributed by atoms with Gasteiger partial charge in [0.25, 0.3) is 5.91 Å². The monoisotopic (exact) mass is 233 g/mol. The molecule has 1 amide bonds. The van der Waals surface area contributed by atoms with Crippen LogP contribution in [0.5, 0.6) is 0 Å². The Morgan fingerprint density at radius 3 is 2.69 bits per heavy atom. The lowest BCUT2D eigenvalue weighted by Crippen LogP contribution is -2.23. The van der Waals surface area contributed by atoms with Crippen molar-refractivity contribution in [3.05, 3.63) is 35.4 Å². The van der Waals surface area contributed by atoms with Crippen LogP contribution in [0.1, 0.15) is 22.8 Å². The number of thioether (sulfide) groups is 1. The number of nitrogens with one attached hydrogen (secondary N) is 1. The number of carbonyl (C=O) groups is 1. The van der Waals surface area contributed by atoms with Crippen molar-refractivity contribution in [3.63, 3.8) is 0 Å². The molecule has 0 aliphatic rings. The molecule has 1 N–H and O–H groups in total. The molecule has 3 heteroatoms. The predicted molar refractivity (Wildman–Crippen MR) is 69.4 cm³/mol. The van der Waals surface area contributed by atoms with Gasteiger partial charge in [0, 0.05) is 11.3 Å². The summed E-state index contributed by atoms with van der Waals surface area (Å²) in [7, 11) is 0. The molecule has 0 saturated heterocycles. The zero-order valence-corrected chi connectivity index (χ0v) is 10.1. The van der Waals surface area contributed by atoms with Crippen molar-refractivity contribution in [2.24, 2.45) is 0 Å². The summed E-state index contributed by atoms with van der Waals surface area (Å²) >= 11 is 1.86. The van der Waals surface area contributed by atoms with E-state index in [1.54, 1.807) is 0 Å². The van der Waals surface area contributed by atoms with Crippen LogP contribution in [0.4, 0.5) is 0 Å². The van der Waals surface area contributed by atoms with Crippen molar-refractivity contribution in [2.75, 3.05) is 12.3 Å². The first-order valence-electron chi connectivity index (χ1n) is 5.16. The maximum atomic E-state index is 11.5. The maximum absolute atomic E-state index is 11.5. The van der Waals surface area contributed by atoms with Crippen LogP contribution in [0.15, 0.2) is 24.3 Å². The molecule has 0 heterocycles. The van der Waals surface area contributed by atoms with Crippen molar-refractivity contribution in [1.82, 2.24) is 5.32 Å². The smallest absolute Gasteiger partial charge is 0.252 e. The maximum Gasteiger partial charge on any atom is 0.252 e. The Hall–Kier alpha value is -1.40. The minimum Gasteiger partial charge on any atom is -0.341 e. The first-order valence-corrected chi connectivity index (χ1v) is 6.31. The summed E-state index contributed by atoms with van der Waals surface area (Å²) in [5, 5.41) is 2.63. The van der Waals surface area contributed by atoms with Crippen LogP contribution in [0.3, 0.4) is 0 Å². The SMILES string of the molecule is C#CCNC(=O)c1ccc(CSCC)cc1. The third-order valence-electron chi connectivity index (χ3n) is 2.04. The molecule has 0 aromatic heterocycles. The quantitative estimate of drug-likeness (QED) is 0.791. The van der Waals surface area contributed by atoms with Crippen molar-refractivity contribution >= 4 is 17.7 Å². The van der Waals surface area contributed by atoms with Crippen LogP contribution in [0.25, 0.3) is 0 Å². The fraction of sp³-hybridized carbons (Fsp3) is 0.308. The average Bonchev–Trinajstić information content (AvgIpc) is 2.34. The molecule has 0 unspecified atom stereocenters. The van der Waals surface area contributed by atoms with Crippen molar-refractivity contribution in [1.29, 1.82) is 0 Å². The normalized spacial score (nSPS) is 9.50. The minimum absolute atomic E-state index is 0.118. The molecule has 0 aliphatic heterocycles. The summed E-state index contributed by atoms with van der Waals surface area (Å²) in [5.41, 5.74) is 1.89. The highest BCUT2D eigenvalue weighted by molar-refractivity contribution is 7.98. The first-order chi connectivity index (χ1) is 7.77. The minimum atomic E-state index is -0.118. The number of hydrogen-bond donors (Lipinski definition) is 1. The molecule has 84 valence electrons. The highest BCUT2D eigenvalue weighted by atomic mass is 32.2. The Morgan fingerprint density at radius 2 is 2.12 bits per heavy atom. The summed E-state index contributed by atoms with van der Waals surface area (Å²) in [6.45, 7) is 2.40. The van der Waals surface area contributed by atoms with Gasteiger partial charge in [0.2, 0.25) is 0 Å². The van der Waals surface area contributed by atoms with Crippen LogP contribution < -0.4 is 5.32 Å². The molecule has 16 heavy (non-hydrogen) atoms. The number of benzene rings is 1. The van der Waals surface area contributed by atoms with E-state index in [9.17, 15) is 4.79 Å². The first kappa shape index (κ1) is 12.7. The molecule has 0 saturated carbocycles. The van der Waals surface area contributed by atoms with Gasteiger partial charge in [-0.3, -0.25) is 4.79 Å². The number of hydrogen-bond acceptors (Lipinski definition) is 2. The van der Waals surface area contributed by atoms with Crippen molar-refractivity contribution < 1.29 is 4.79 Å². The van der Waals surface area contributed by atoms with E-state index in [0.717, 1.165) is 11.5 Å². The van der Waals surface area contributed by atoms with Crippen molar-refractivity contribution in [2.45, 2.75) is 12.7 Å². The number of amides is 1. The Morgan fingerprint density at radius 1 is 1.44 bits per heavy atom. The average molecular weight is 233 g/mol. The molecule has 0 bridgehead atoms. The highest BCUT2D eigenvalue weighted by Gasteiger charge is 2.03. The lowest BCUT2D eigenvalue weighted by Gasteiger charge is -2.03. The van der Waals surface area contributed by atoms with Gasteiger partial charge in [0.1, 0.15) is 0 Å². The van der Waals surface area contributed by atoms with E-state index < -0.39 is 0 Å². The molecule has 1 aromatic carbocycles. The zero-order chi connectivity index (χ0) is 11.8. The van der Waals surface area contributed by atoms with Gasteiger partial charge in [-0.15, -0.1) is 6.42 Å². The van der Waals surface area contributed by atoms with Gasteiger partial charge in [0.05, 0.1) is 6.54 Å². The molecule has 0 fully saturated rings. The fourth-order valence-corrected chi connectivity index (χ4v) is 1.84. The predicted octanol–water partition coefficient (Wildman–Crippen LogP) is 2.30. The summed E-state index contributed by atoms with van der Waals surface area (Å²) < 4.78 is 0. The molecule has 0 radical (unpaired) electrons. The van der Waals surface area contributed by atoms with Crippen LogP contribution >= 0.6 is 11.8 Å². The molecule has 2 nitrogen and oxygen atoms in total.